The fourth-order valence-electron chi connectivity index (χ4n) is 3.50. The van der Waals surface area contributed by atoms with Crippen LogP contribution in [0.2, 0.25) is 0 Å². The Morgan fingerprint density at radius 2 is 1.65 bits per heavy atom. The average Bonchev–Trinajstić information content (AvgIpc) is 2.78. The van der Waals surface area contributed by atoms with E-state index in [2.05, 4.69) is 16.0 Å². The molecule has 2 aromatic carbocycles. The first-order chi connectivity index (χ1) is 15.0. The van der Waals surface area contributed by atoms with Crippen molar-refractivity contribution in [3.63, 3.8) is 0 Å². The van der Waals surface area contributed by atoms with E-state index >= 15 is 0 Å². The van der Waals surface area contributed by atoms with Crippen LogP contribution in [0.1, 0.15) is 5.56 Å². The first-order valence-corrected chi connectivity index (χ1v) is 9.27. The van der Waals surface area contributed by atoms with Crippen LogP contribution in [0.5, 0.6) is 5.75 Å². The third-order valence-electron chi connectivity index (χ3n) is 4.82. The second-order valence-electron chi connectivity index (χ2n) is 6.68. The molecule has 0 saturated heterocycles. The normalized spacial score (nSPS) is 10.5. The molecule has 2 N–H and O–H groups in total. The Hall–Kier alpha value is -4.31. The van der Waals surface area contributed by atoms with E-state index in [0.29, 0.717) is 39.3 Å². The van der Waals surface area contributed by atoms with E-state index in [1.807, 2.05) is 0 Å². The maximum Gasteiger partial charge on any atom is 0.142 e. The number of hydrogen-bond acceptors (Lipinski definition) is 5. The lowest BCUT2D eigenvalue weighted by molar-refractivity contribution is 0.416. The Labute approximate surface area is 177 Å². The lowest BCUT2D eigenvalue weighted by atomic mass is 9.88. The van der Waals surface area contributed by atoms with Crippen LogP contribution in [0.3, 0.4) is 0 Å². The van der Waals surface area contributed by atoms with E-state index in [1.54, 1.807) is 36.7 Å². The summed E-state index contributed by atoms with van der Waals surface area (Å²) in [7, 11) is 1.50. The Bertz CT molecular complexity index is 1330. The molecule has 4 rings (SSSR count). The molecule has 0 fully saturated rings. The Morgan fingerprint density at radius 1 is 0.968 bits per heavy atom. The third-order valence-corrected chi connectivity index (χ3v) is 4.82. The van der Waals surface area contributed by atoms with Gasteiger partial charge in [-0.05, 0) is 35.9 Å². The molecule has 31 heavy (non-hydrogen) atoms. The van der Waals surface area contributed by atoms with Crippen LogP contribution in [0.15, 0.2) is 67.0 Å². The number of anilines is 1. The molecule has 0 aliphatic rings. The van der Waals surface area contributed by atoms with Gasteiger partial charge >= 0.3 is 0 Å². The van der Waals surface area contributed by atoms with Crippen molar-refractivity contribution in [2.45, 2.75) is 0 Å². The van der Waals surface area contributed by atoms with Crippen LogP contribution >= 0.6 is 0 Å². The summed E-state index contributed by atoms with van der Waals surface area (Å²) >= 11 is 0. The molecule has 0 amide bonds. The van der Waals surface area contributed by atoms with Crippen molar-refractivity contribution < 1.29 is 13.5 Å². The van der Waals surface area contributed by atoms with Gasteiger partial charge in [0.1, 0.15) is 34.8 Å². The Morgan fingerprint density at radius 3 is 2.29 bits per heavy atom. The molecule has 0 aliphatic heterocycles. The molecule has 4 aromatic rings. The third kappa shape index (κ3) is 3.67. The SMILES string of the molecule is COc1ccncc1-c1c(-c2cccc(F)c2)nc(N)c(C#N)c1-c1cccc(F)c1. The molecule has 0 saturated carbocycles. The number of nitrogen functional groups attached to an aromatic ring is 1. The standard InChI is InChI=1S/C24H16F2N4O/c1-31-20-8-9-29-13-19(20)22-21(14-4-2-6-16(25)10-14)18(12-27)24(28)30-23(22)15-5-3-7-17(26)11-15/h2-11,13H,1H3,(H2,28,30). The van der Waals surface area contributed by atoms with Gasteiger partial charge in [-0.2, -0.15) is 5.26 Å². The van der Waals surface area contributed by atoms with Crippen LogP contribution in [0.25, 0.3) is 33.5 Å². The van der Waals surface area contributed by atoms with E-state index in [0.717, 1.165) is 0 Å². The number of benzene rings is 2. The number of halogens is 2. The summed E-state index contributed by atoms with van der Waals surface area (Å²) in [5, 5.41) is 9.86. The highest BCUT2D eigenvalue weighted by atomic mass is 19.1. The number of aromatic nitrogens is 2. The summed E-state index contributed by atoms with van der Waals surface area (Å²) in [5.74, 6) is -0.528. The number of nitrogens with zero attached hydrogens (tertiary/aromatic N) is 3. The topological polar surface area (TPSA) is 84.8 Å². The van der Waals surface area contributed by atoms with Crippen molar-refractivity contribution in [2.24, 2.45) is 0 Å². The Kier molecular flexibility index (Phi) is 5.29. The molecule has 2 aromatic heterocycles. The first kappa shape index (κ1) is 20.0. The van der Waals surface area contributed by atoms with E-state index in [9.17, 15) is 14.0 Å². The zero-order valence-electron chi connectivity index (χ0n) is 16.4. The predicted octanol–water partition coefficient (Wildman–Crippen LogP) is 5.22. The van der Waals surface area contributed by atoms with Gasteiger partial charge < -0.3 is 10.5 Å². The molecule has 0 bridgehead atoms. The molecule has 0 atom stereocenters. The van der Waals surface area contributed by atoms with Crippen LogP contribution in [-0.4, -0.2) is 17.1 Å². The average molecular weight is 414 g/mol. The maximum atomic E-state index is 14.1. The van der Waals surface area contributed by atoms with Gasteiger partial charge in [-0.25, -0.2) is 13.8 Å². The zero-order chi connectivity index (χ0) is 22.0. The minimum Gasteiger partial charge on any atom is -0.496 e. The molecule has 0 unspecified atom stereocenters. The minimum atomic E-state index is -0.479. The Balaban J connectivity index is 2.21. The van der Waals surface area contributed by atoms with Gasteiger partial charge in [0.05, 0.1) is 12.8 Å². The van der Waals surface area contributed by atoms with Crippen LogP contribution < -0.4 is 10.5 Å². The number of ether oxygens (including phenoxy) is 1. The van der Waals surface area contributed by atoms with E-state index in [-0.39, 0.29) is 11.4 Å². The summed E-state index contributed by atoms with van der Waals surface area (Å²) in [4.78, 5) is 8.61. The number of rotatable bonds is 4. The fourth-order valence-corrected chi connectivity index (χ4v) is 3.50. The van der Waals surface area contributed by atoms with Gasteiger partial charge in [-0.15, -0.1) is 0 Å². The minimum absolute atomic E-state index is 0.0485. The second kappa shape index (κ2) is 8.20. The van der Waals surface area contributed by atoms with Gasteiger partial charge in [-0.3, -0.25) is 4.98 Å². The summed E-state index contributed by atoms with van der Waals surface area (Å²) in [5.41, 5.74) is 8.69. The first-order valence-electron chi connectivity index (χ1n) is 9.27. The highest BCUT2D eigenvalue weighted by Gasteiger charge is 2.25. The second-order valence-corrected chi connectivity index (χ2v) is 6.68. The lowest BCUT2D eigenvalue weighted by Gasteiger charge is -2.19. The van der Waals surface area contributed by atoms with Crippen molar-refractivity contribution in [1.29, 1.82) is 5.26 Å². The summed E-state index contributed by atoms with van der Waals surface area (Å²) in [6, 6.07) is 15.4. The highest BCUT2D eigenvalue weighted by Crippen LogP contribution is 2.45. The van der Waals surface area contributed by atoms with Crippen LogP contribution in [0.4, 0.5) is 14.6 Å². The van der Waals surface area contributed by atoms with Gasteiger partial charge in [0.15, 0.2) is 0 Å². The maximum absolute atomic E-state index is 14.1. The molecule has 0 aliphatic carbocycles. The highest BCUT2D eigenvalue weighted by molar-refractivity contribution is 5.98. The quantitative estimate of drug-likeness (QED) is 0.495. The largest absolute Gasteiger partial charge is 0.496 e. The number of nitrogens with two attached hydrogens (primary N) is 1. The van der Waals surface area contributed by atoms with Gasteiger partial charge in [0.2, 0.25) is 0 Å². The predicted molar refractivity (Wildman–Crippen MR) is 114 cm³/mol. The molecule has 7 heteroatoms. The molecule has 5 nitrogen and oxygen atoms in total. The van der Waals surface area contributed by atoms with Crippen LogP contribution in [-0.2, 0) is 0 Å². The number of methoxy groups -OCH3 is 1. The monoisotopic (exact) mass is 414 g/mol. The van der Waals surface area contributed by atoms with Crippen molar-refractivity contribution in [2.75, 3.05) is 12.8 Å². The number of hydrogen-bond donors (Lipinski definition) is 1. The zero-order valence-corrected chi connectivity index (χ0v) is 16.4. The van der Waals surface area contributed by atoms with E-state index in [1.165, 1.54) is 37.4 Å². The fraction of sp³-hybridized carbons (Fsp3) is 0.0417. The number of pyridine rings is 2. The molecule has 152 valence electrons. The van der Waals surface area contributed by atoms with Crippen molar-refractivity contribution in [3.8, 4) is 45.3 Å². The van der Waals surface area contributed by atoms with Gasteiger partial charge in [0, 0.05) is 34.6 Å². The van der Waals surface area contributed by atoms with Crippen LogP contribution in [0, 0.1) is 23.0 Å². The van der Waals surface area contributed by atoms with E-state index < -0.39 is 11.6 Å². The summed E-state index contributed by atoms with van der Waals surface area (Å²) in [6.45, 7) is 0. The van der Waals surface area contributed by atoms with Crippen molar-refractivity contribution >= 4 is 5.82 Å². The smallest absolute Gasteiger partial charge is 0.142 e. The van der Waals surface area contributed by atoms with E-state index in [4.69, 9.17) is 10.5 Å². The number of nitriles is 1. The van der Waals surface area contributed by atoms with Gasteiger partial charge in [0.25, 0.3) is 0 Å². The molecule has 0 spiro atoms. The van der Waals surface area contributed by atoms with Crippen molar-refractivity contribution in [1.82, 2.24) is 9.97 Å². The molecular weight excluding hydrogens is 398 g/mol. The summed E-state index contributed by atoms with van der Waals surface area (Å²) in [6.07, 6.45) is 3.11. The molecular formula is C24H16F2N4O. The lowest BCUT2D eigenvalue weighted by Crippen LogP contribution is -2.04. The molecule has 0 radical (unpaired) electrons. The van der Waals surface area contributed by atoms with Crippen molar-refractivity contribution in [3.05, 3.63) is 84.2 Å². The van der Waals surface area contributed by atoms with Gasteiger partial charge in [-0.1, -0.05) is 24.3 Å². The summed E-state index contributed by atoms with van der Waals surface area (Å²) < 4.78 is 33.7. The molecule has 2 heterocycles.